The van der Waals surface area contributed by atoms with Crippen LogP contribution in [0, 0.1) is 5.92 Å². The van der Waals surface area contributed by atoms with Crippen LogP contribution in [0.2, 0.25) is 0 Å². The van der Waals surface area contributed by atoms with Crippen LogP contribution in [0.3, 0.4) is 0 Å². The van der Waals surface area contributed by atoms with Crippen molar-refractivity contribution in [1.29, 1.82) is 0 Å². The summed E-state index contributed by atoms with van der Waals surface area (Å²) in [5.41, 5.74) is 2.82. The van der Waals surface area contributed by atoms with E-state index in [0.29, 0.717) is 36.7 Å². The average Bonchev–Trinajstić information content (AvgIpc) is 3.38. The van der Waals surface area contributed by atoms with Gasteiger partial charge in [-0.3, -0.25) is 19.2 Å². The van der Waals surface area contributed by atoms with E-state index < -0.39 is 6.04 Å². The second-order valence-corrected chi connectivity index (χ2v) is 9.50. The highest BCUT2D eigenvalue weighted by molar-refractivity contribution is 7.07. The minimum atomic E-state index is -0.680. The molecule has 1 fully saturated rings. The van der Waals surface area contributed by atoms with Crippen molar-refractivity contribution in [2.45, 2.75) is 58.5 Å². The van der Waals surface area contributed by atoms with Crippen molar-refractivity contribution in [3.05, 3.63) is 46.2 Å². The molecule has 168 valence electrons. The lowest BCUT2D eigenvalue weighted by atomic mass is 9.94. The summed E-state index contributed by atoms with van der Waals surface area (Å²) in [4.78, 5) is 53.8. The number of carbonyl (C=O) groups excluding carboxylic acids is 4. The van der Waals surface area contributed by atoms with Crippen LogP contribution < -0.4 is 15.1 Å². The summed E-state index contributed by atoms with van der Waals surface area (Å²) in [5.74, 6) is -0.479. The molecule has 2 aromatic rings. The van der Waals surface area contributed by atoms with Gasteiger partial charge in [-0.25, -0.2) is 4.90 Å². The van der Waals surface area contributed by atoms with E-state index in [1.54, 1.807) is 17.0 Å². The molecule has 0 spiro atoms. The first kappa shape index (κ1) is 22.2. The molecule has 1 atom stereocenters. The molecule has 1 N–H and O–H groups in total. The molecule has 7 nitrogen and oxygen atoms in total. The van der Waals surface area contributed by atoms with Gasteiger partial charge in [-0.15, -0.1) is 0 Å². The molecule has 0 bridgehead atoms. The van der Waals surface area contributed by atoms with E-state index in [-0.39, 0.29) is 36.5 Å². The van der Waals surface area contributed by atoms with Crippen LogP contribution in [0.4, 0.5) is 11.4 Å². The molecule has 1 aromatic heterocycles. The summed E-state index contributed by atoms with van der Waals surface area (Å²) >= 11 is 1.54. The fraction of sp³-hybridized carbons (Fsp3) is 0.417. The molecule has 2 aliphatic heterocycles. The molecule has 8 heteroatoms. The highest BCUT2D eigenvalue weighted by Crippen LogP contribution is 2.40. The van der Waals surface area contributed by atoms with Crippen LogP contribution in [0.25, 0.3) is 0 Å². The molecule has 0 aliphatic carbocycles. The Hall–Kier alpha value is -3.00. The van der Waals surface area contributed by atoms with Crippen molar-refractivity contribution in [1.82, 2.24) is 5.32 Å². The van der Waals surface area contributed by atoms with Gasteiger partial charge in [-0.1, -0.05) is 26.0 Å². The van der Waals surface area contributed by atoms with Crippen LogP contribution in [-0.4, -0.2) is 29.7 Å². The first-order chi connectivity index (χ1) is 15.3. The van der Waals surface area contributed by atoms with Gasteiger partial charge in [0.1, 0.15) is 6.04 Å². The molecule has 1 unspecified atom stereocenters. The molecule has 2 aliphatic rings. The van der Waals surface area contributed by atoms with E-state index in [2.05, 4.69) is 19.2 Å². The van der Waals surface area contributed by atoms with Crippen molar-refractivity contribution in [2.24, 2.45) is 5.92 Å². The zero-order valence-corrected chi connectivity index (χ0v) is 19.1. The Bertz CT molecular complexity index is 1030. The van der Waals surface area contributed by atoms with E-state index in [9.17, 15) is 19.2 Å². The summed E-state index contributed by atoms with van der Waals surface area (Å²) in [6, 6.07) is 6.67. The summed E-state index contributed by atoms with van der Waals surface area (Å²) in [6.07, 6.45) is 1.80. The van der Waals surface area contributed by atoms with Crippen LogP contribution in [0.5, 0.6) is 0 Å². The molecule has 32 heavy (non-hydrogen) atoms. The molecule has 0 radical (unpaired) electrons. The predicted octanol–water partition coefficient (Wildman–Crippen LogP) is 3.41. The van der Waals surface area contributed by atoms with Gasteiger partial charge in [-0.05, 0) is 46.4 Å². The van der Waals surface area contributed by atoms with Gasteiger partial charge >= 0.3 is 0 Å². The molecular weight excluding hydrogens is 426 g/mol. The lowest BCUT2D eigenvalue weighted by molar-refractivity contribution is -0.128. The van der Waals surface area contributed by atoms with Crippen LogP contribution in [-0.2, 0) is 32.1 Å². The number of anilines is 2. The highest BCUT2D eigenvalue weighted by Gasteiger charge is 2.39. The van der Waals surface area contributed by atoms with Crippen LogP contribution >= 0.6 is 11.3 Å². The molecule has 1 aromatic carbocycles. The normalized spacial score (nSPS) is 18.5. The summed E-state index contributed by atoms with van der Waals surface area (Å²) in [5, 5.41) is 6.81. The maximum absolute atomic E-state index is 13.5. The third-order valence-corrected chi connectivity index (χ3v) is 6.59. The van der Waals surface area contributed by atoms with Gasteiger partial charge in [0.2, 0.25) is 23.6 Å². The molecule has 1 saturated heterocycles. The summed E-state index contributed by atoms with van der Waals surface area (Å²) in [6.45, 7) is 4.42. The molecule has 3 heterocycles. The van der Waals surface area contributed by atoms with E-state index in [0.717, 1.165) is 17.5 Å². The molecular formula is C24H27N3O4S. The average molecular weight is 454 g/mol. The van der Waals surface area contributed by atoms with Gasteiger partial charge in [-0.2, -0.15) is 11.3 Å². The minimum Gasteiger partial charge on any atom is -0.344 e. The Labute approximate surface area is 191 Å². The van der Waals surface area contributed by atoms with Crippen molar-refractivity contribution in [3.63, 3.8) is 0 Å². The number of benzene rings is 1. The third kappa shape index (κ3) is 4.46. The Morgan fingerprint density at radius 3 is 2.56 bits per heavy atom. The number of imide groups is 1. The number of nitrogens with zero attached hydrogens (tertiary/aromatic N) is 2. The Morgan fingerprint density at radius 2 is 1.91 bits per heavy atom. The minimum absolute atomic E-state index is 0.142. The number of thiophene rings is 1. The predicted molar refractivity (Wildman–Crippen MR) is 123 cm³/mol. The second-order valence-electron chi connectivity index (χ2n) is 8.72. The number of fused-ring (bicyclic) bond motifs is 1. The number of nitrogens with one attached hydrogen (secondary N) is 1. The maximum Gasteiger partial charge on any atom is 0.250 e. The Kier molecular flexibility index (Phi) is 6.41. The van der Waals surface area contributed by atoms with Gasteiger partial charge in [0.15, 0.2) is 0 Å². The van der Waals surface area contributed by atoms with Crippen molar-refractivity contribution >= 4 is 46.3 Å². The zero-order chi connectivity index (χ0) is 22.8. The van der Waals surface area contributed by atoms with Gasteiger partial charge in [0, 0.05) is 25.7 Å². The summed E-state index contributed by atoms with van der Waals surface area (Å²) in [7, 11) is 0. The number of rotatable bonds is 7. The number of hydrogen-bond donors (Lipinski definition) is 1. The molecule has 4 rings (SSSR count). The Balaban J connectivity index is 1.70. The fourth-order valence-electron chi connectivity index (χ4n) is 4.21. The van der Waals surface area contributed by atoms with Gasteiger partial charge in [0.05, 0.1) is 17.9 Å². The van der Waals surface area contributed by atoms with Crippen LogP contribution in [0.15, 0.2) is 35.0 Å². The Morgan fingerprint density at radius 1 is 1.16 bits per heavy atom. The zero-order valence-electron chi connectivity index (χ0n) is 18.3. The summed E-state index contributed by atoms with van der Waals surface area (Å²) < 4.78 is 0. The fourth-order valence-corrected chi connectivity index (χ4v) is 4.87. The monoisotopic (exact) mass is 453 g/mol. The van der Waals surface area contributed by atoms with Crippen molar-refractivity contribution < 1.29 is 19.2 Å². The number of para-hydroxylation sites is 1. The van der Waals surface area contributed by atoms with E-state index in [1.165, 1.54) is 16.2 Å². The largest absolute Gasteiger partial charge is 0.344 e. The van der Waals surface area contributed by atoms with E-state index in [4.69, 9.17) is 0 Å². The van der Waals surface area contributed by atoms with Crippen molar-refractivity contribution in [3.8, 4) is 0 Å². The lowest BCUT2D eigenvalue weighted by Crippen LogP contribution is -2.53. The molecule has 4 amide bonds. The maximum atomic E-state index is 13.5. The van der Waals surface area contributed by atoms with Gasteiger partial charge < -0.3 is 10.2 Å². The smallest absolute Gasteiger partial charge is 0.250 e. The standard InChI is InChI=1S/C24H27N3O4S/c1-15(2)6-7-20(28)25-18-12-17-4-3-5-19(27-21(29)8-9-22(27)30)23(17)26(24(18)31)13-16-10-11-32-14-16/h3-5,10-11,14-15,18H,6-9,12-13H2,1-2H3,(H,25,28). The van der Waals surface area contributed by atoms with E-state index >= 15 is 0 Å². The second kappa shape index (κ2) is 9.24. The van der Waals surface area contributed by atoms with Crippen molar-refractivity contribution in [2.75, 3.05) is 9.80 Å². The molecule has 0 saturated carbocycles. The van der Waals surface area contributed by atoms with Crippen LogP contribution in [0.1, 0.15) is 50.7 Å². The SMILES string of the molecule is CC(C)CCC(=O)NC1Cc2cccc(N3C(=O)CCC3=O)c2N(Cc2ccsc2)C1=O. The van der Waals surface area contributed by atoms with Gasteiger partial charge in [0.25, 0.3) is 0 Å². The first-order valence-electron chi connectivity index (χ1n) is 10.9. The topological polar surface area (TPSA) is 86.8 Å². The quantitative estimate of drug-likeness (QED) is 0.651. The number of carbonyl (C=O) groups is 4. The number of hydrogen-bond acceptors (Lipinski definition) is 5. The highest BCUT2D eigenvalue weighted by atomic mass is 32.1. The number of amides is 4. The first-order valence-corrected chi connectivity index (χ1v) is 11.9. The lowest BCUT2D eigenvalue weighted by Gasteiger charge is -2.37. The van der Waals surface area contributed by atoms with E-state index in [1.807, 2.05) is 22.9 Å². The third-order valence-electron chi connectivity index (χ3n) is 5.85.